The van der Waals surface area contributed by atoms with Gasteiger partial charge in [0.1, 0.15) is 5.65 Å². The number of hydrogen-bond donors (Lipinski definition) is 1. The summed E-state index contributed by atoms with van der Waals surface area (Å²) >= 11 is 1.74. The molecule has 1 aliphatic carbocycles. The summed E-state index contributed by atoms with van der Waals surface area (Å²) in [5.41, 5.74) is 10.2. The van der Waals surface area contributed by atoms with Gasteiger partial charge in [0.2, 0.25) is 0 Å². The van der Waals surface area contributed by atoms with Gasteiger partial charge in [0.15, 0.2) is 0 Å². The lowest BCUT2D eigenvalue weighted by molar-refractivity contribution is 0.245. The number of benzene rings is 1. The highest BCUT2D eigenvalue weighted by atomic mass is 32.2. The smallest absolute Gasteiger partial charge is 0.319 e. The topological polar surface area (TPSA) is 64.2 Å². The third-order valence-corrected chi connectivity index (χ3v) is 7.89. The second-order valence-electron chi connectivity index (χ2n) is 9.89. The van der Waals surface area contributed by atoms with Gasteiger partial charge in [0, 0.05) is 22.7 Å². The Labute approximate surface area is 201 Å². The number of aromatic nitrogens is 2. The maximum absolute atomic E-state index is 13.1. The number of primary amides is 1. The van der Waals surface area contributed by atoms with Crippen molar-refractivity contribution in [3.63, 3.8) is 0 Å². The van der Waals surface area contributed by atoms with Crippen LogP contribution in [0.2, 0.25) is 0 Å². The predicted molar refractivity (Wildman–Crippen MR) is 140 cm³/mol. The summed E-state index contributed by atoms with van der Waals surface area (Å²) in [5.74, 6) is 0.578. The van der Waals surface area contributed by atoms with Crippen LogP contribution in [0.25, 0.3) is 11.0 Å². The van der Waals surface area contributed by atoms with Crippen molar-refractivity contribution in [1.82, 2.24) is 9.55 Å². The number of anilines is 1. The molecule has 176 valence electrons. The number of para-hydroxylation sites is 1. The molecule has 2 amide bonds. The molecule has 33 heavy (non-hydrogen) atoms. The largest absolute Gasteiger partial charge is 0.351 e. The zero-order valence-corrected chi connectivity index (χ0v) is 21.3. The van der Waals surface area contributed by atoms with Crippen molar-refractivity contribution in [2.24, 2.45) is 5.73 Å². The van der Waals surface area contributed by atoms with Crippen molar-refractivity contribution in [1.29, 1.82) is 0 Å². The van der Waals surface area contributed by atoms with E-state index in [1.807, 2.05) is 17.2 Å². The highest BCUT2D eigenvalue weighted by Crippen LogP contribution is 2.44. The molecule has 2 heterocycles. The van der Waals surface area contributed by atoms with Crippen LogP contribution in [0.3, 0.4) is 0 Å². The lowest BCUT2D eigenvalue weighted by Crippen LogP contribution is -2.48. The number of carbonyl (C=O) groups excluding carboxylic acids is 1. The molecule has 5 nitrogen and oxygen atoms in total. The Bertz CT molecular complexity index is 1120. The second kappa shape index (κ2) is 9.41. The van der Waals surface area contributed by atoms with Gasteiger partial charge >= 0.3 is 6.03 Å². The van der Waals surface area contributed by atoms with E-state index in [0.717, 1.165) is 37.0 Å². The molecule has 0 saturated heterocycles. The van der Waals surface area contributed by atoms with Crippen LogP contribution < -0.4 is 10.6 Å². The molecular weight excluding hydrogens is 428 g/mol. The number of nitrogens with two attached hydrogens (primary N) is 1. The van der Waals surface area contributed by atoms with Gasteiger partial charge < -0.3 is 10.3 Å². The van der Waals surface area contributed by atoms with Crippen molar-refractivity contribution in [2.75, 3.05) is 17.7 Å². The molecule has 1 saturated carbocycles. The molecule has 6 heteroatoms. The van der Waals surface area contributed by atoms with Crippen molar-refractivity contribution in [3.8, 4) is 0 Å². The Morgan fingerprint density at radius 3 is 2.30 bits per heavy atom. The van der Waals surface area contributed by atoms with Crippen LogP contribution in [0.5, 0.6) is 0 Å². The molecule has 0 unspecified atom stereocenters. The number of amides is 2. The van der Waals surface area contributed by atoms with Crippen molar-refractivity contribution in [2.45, 2.75) is 75.6 Å². The molecule has 0 radical (unpaired) electrons. The van der Waals surface area contributed by atoms with Gasteiger partial charge in [-0.25, -0.2) is 9.78 Å². The van der Waals surface area contributed by atoms with E-state index in [9.17, 15) is 4.79 Å². The fraction of sp³-hybridized carbons (Fsp3) is 0.481. The lowest BCUT2D eigenvalue weighted by Gasteiger charge is -2.38. The molecule has 0 spiro atoms. The van der Waals surface area contributed by atoms with Crippen LogP contribution in [0, 0.1) is 0 Å². The monoisotopic (exact) mass is 464 g/mol. The first-order valence-corrected chi connectivity index (χ1v) is 13.2. The maximum atomic E-state index is 13.1. The second-order valence-corrected chi connectivity index (χ2v) is 10.7. The number of pyridine rings is 1. The average molecular weight is 465 g/mol. The average Bonchev–Trinajstić information content (AvgIpc) is 3.42. The Hall–Kier alpha value is -2.47. The van der Waals surface area contributed by atoms with E-state index < -0.39 is 0 Å². The molecule has 0 atom stereocenters. The summed E-state index contributed by atoms with van der Waals surface area (Å²) in [7, 11) is 0. The van der Waals surface area contributed by atoms with Gasteiger partial charge in [0.25, 0.3) is 0 Å². The van der Waals surface area contributed by atoms with Gasteiger partial charge in [-0.2, -0.15) is 0 Å². The normalized spacial score (nSPS) is 15.6. The number of thioether (sulfide) groups is 1. The highest BCUT2D eigenvalue weighted by molar-refractivity contribution is 7.98. The van der Waals surface area contributed by atoms with E-state index in [-0.39, 0.29) is 23.4 Å². The molecule has 0 aliphatic heterocycles. The summed E-state index contributed by atoms with van der Waals surface area (Å²) in [4.78, 5) is 20.9. The summed E-state index contributed by atoms with van der Waals surface area (Å²) in [6, 6.07) is 10.1. The Balaban J connectivity index is 1.89. The fourth-order valence-electron chi connectivity index (χ4n) is 5.45. The van der Waals surface area contributed by atoms with E-state index in [1.165, 1.54) is 21.4 Å². The summed E-state index contributed by atoms with van der Waals surface area (Å²) < 4.78 is 2.35. The van der Waals surface area contributed by atoms with E-state index in [2.05, 4.69) is 69.0 Å². The molecule has 1 aromatic carbocycles. The molecule has 0 bridgehead atoms. The van der Waals surface area contributed by atoms with Crippen LogP contribution in [0.4, 0.5) is 10.5 Å². The van der Waals surface area contributed by atoms with Crippen LogP contribution in [-0.2, 0) is 5.54 Å². The van der Waals surface area contributed by atoms with Crippen LogP contribution >= 0.6 is 11.8 Å². The molecular formula is C27H36N4OS. The quantitative estimate of drug-likeness (QED) is 0.388. The van der Waals surface area contributed by atoms with Crippen LogP contribution in [-0.4, -0.2) is 28.4 Å². The van der Waals surface area contributed by atoms with Gasteiger partial charge in [-0.05, 0) is 54.2 Å². The van der Waals surface area contributed by atoms with Gasteiger partial charge in [-0.1, -0.05) is 58.7 Å². The van der Waals surface area contributed by atoms with E-state index in [4.69, 9.17) is 10.7 Å². The zero-order chi connectivity index (χ0) is 23.8. The number of fused-ring (bicyclic) bond motifs is 1. The standard InChI is InChI=1S/C27H36N4OS/c1-18(2)20-10-8-11-21(19(3)4)24(20)30(26(28)32)17-27(13-6-7-14-27)31-16-23(33-5)22-12-9-15-29-25(22)31/h8-12,15-16,18-19H,6-7,13-14,17H2,1-5H3,(H2,28,32). The van der Waals surface area contributed by atoms with Gasteiger partial charge in [-0.15, -0.1) is 11.8 Å². The third-order valence-electron chi connectivity index (χ3n) is 7.12. The lowest BCUT2D eigenvalue weighted by atomic mass is 9.90. The molecule has 3 aromatic rings. The number of rotatable bonds is 7. The van der Waals surface area contributed by atoms with E-state index in [1.54, 1.807) is 11.8 Å². The Morgan fingerprint density at radius 2 is 1.76 bits per heavy atom. The van der Waals surface area contributed by atoms with Gasteiger partial charge in [-0.3, -0.25) is 4.90 Å². The summed E-state index contributed by atoms with van der Waals surface area (Å²) in [6.07, 6.45) is 10.5. The first kappa shape index (κ1) is 23.7. The third kappa shape index (κ3) is 4.25. The summed E-state index contributed by atoms with van der Waals surface area (Å²) in [5, 5.41) is 1.17. The van der Waals surface area contributed by atoms with Crippen molar-refractivity contribution >= 4 is 34.5 Å². The minimum Gasteiger partial charge on any atom is -0.351 e. The first-order valence-electron chi connectivity index (χ1n) is 12.0. The van der Waals surface area contributed by atoms with E-state index in [0.29, 0.717) is 6.54 Å². The number of carbonyl (C=O) groups is 1. The van der Waals surface area contributed by atoms with Crippen LogP contribution in [0.15, 0.2) is 47.6 Å². The minimum atomic E-state index is -0.384. The first-order chi connectivity index (χ1) is 15.8. The maximum Gasteiger partial charge on any atom is 0.319 e. The Morgan fingerprint density at radius 1 is 1.12 bits per heavy atom. The molecule has 4 rings (SSSR count). The predicted octanol–water partition coefficient (Wildman–Crippen LogP) is 6.86. The number of urea groups is 1. The minimum absolute atomic E-state index is 0.228. The van der Waals surface area contributed by atoms with Crippen LogP contribution in [0.1, 0.15) is 76.3 Å². The highest BCUT2D eigenvalue weighted by Gasteiger charge is 2.41. The van der Waals surface area contributed by atoms with E-state index >= 15 is 0 Å². The SMILES string of the molecule is CSc1cn(C2(CN(C(N)=O)c3c(C(C)C)cccc3C(C)C)CCCC2)c2ncccc12. The fourth-order valence-corrected chi connectivity index (χ4v) is 6.04. The molecule has 2 aromatic heterocycles. The Kier molecular flexibility index (Phi) is 6.76. The number of nitrogens with zero attached hydrogens (tertiary/aromatic N) is 3. The zero-order valence-electron chi connectivity index (χ0n) is 20.5. The molecule has 2 N–H and O–H groups in total. The molecule has 1 aliphatic rings. The summed E-state index contributed by atoms with van der Waals surface area (Å²) in [6.45, 7) is 9.28. The van der Waals surface area contributed by atoms with Crippen molar-refractivity contribution in [3.05, 3.63) is 53.9 Å². The molecule has 1 fully saturated rings. The number of hydrogen-bond acceptors (Lipinski definition) is 3. The van der Waals surface area contributed by atoms with Crippen molar-refractivity contribution < 1.29 is 4.79 Å². The van der Waals surface area contributed by atoms with Gasteiger partial charge in [0.05, 0.1) is 17.8 Å².